The average Bonchev–Trinajstić information content (AvgIpc) is 3.06. The van der Waals surface area contributed by atoms with Crippen LogP contribution in [-0.4, -0.2) is 30.9 Å². The molecule has 1 saturated heterocycles. The Labute approximate surface area is 186 Å². The minimum atomic E-state index is -0.722. The lowest BCUT2D eigenvalue weighted by Crippen LogP contribution is -2.28. The molecule has 2 aromatic rings. The van der Waals surface area contributed by atoms with Crippen molar-refractivity contribution in [3.8, 4) is 0 Å². The zero-order valence-corrected chi connectivity index (χ0v) is 17.8. The van der Waals surface area contributed by atoms with Crippen LogP contribution in [-0.2, 0) is 19.1 Å². The number of nitrogens with one attached hydrogen (secondary N) is 1. The fourth-order valence-electron chi connectivity index (χ4n) is 2.83. The van der Waals surface area contributed by atoms with Crippen LogP contribution in [0, 0.1) is 5.92 Å². The largest absolute Gasteiger partial charge is 0.455 e. The first-order chi connectivity index (χ1) is 13.7. The molecular weight excluding hydrogens is 462 g/mol. The molecule has 0 unspecified atom stereocenters. The predicted octanol–water partition coefficient (Wildman–Crippen LogP) is 4.84. The first-order valence-electron chi connectivity index (χ1n) is 8.41. The summed E-state index contributed by atoms with van der Waals surface area (Å²) in [4.78, 5) is 38.0. The lowest BCUT2D eigenvalue weighted by atomic mass is 10.1. The molecule has 2 aromatic carbocycles. The second-order valence-electron chi connectivity index (χ2n) is 6.28. The summed E-state index contributed by atoms with van der Waals surface area (Å²) in [6, 6.07) is 9.32. The molecule has 3 rings (SSSR count). The maximum Gasteiger partial charge on any atom is 0.311 e. The summed E-state index contributed by atoms with van der Waals surface area (Å²) in [5.74, 6) is -2.25. The number of benzene rings is 2. The summed E-state index contributed by atoms with van der Waals surface area (Å²) in [6.07, 6.45) is -0.0522. The molecular formula is C19H14Cl4N2O4. The van der Waals surface area contributed by atoms with Crippen molar-refractivity contribution in [1.82, 2.24) is 0 Å². The molecule has 0 aliphatic carbocycles. The van der Waals surface area contributed by atoms with Gasteiger partial charge >= 0.3 is 5.97 Å². The van der Waals surface area contributed by atoms with Crippen molar-refractivity contribution in [3.63, 3.8) is 0 Å². The minimum Gasteiger partial charge on any atom is -0.455 e. The van der Waals surface area contributed by atoms with Crippen molar-refractivity contribution >= 4 is 75.6 Å². The number of hydrogen-bond acceptors (Lipinski definition) is 4. The van der Waals surface area contributed by atoms with Gasteiger partial charge in [0.25, 0.3) is 5.91 Å². The van der Waals surface area contributed by atoms with Crippen LogP contribution >= 0.6 is 46.4 Å². The van der Waals surface area contributed by atoms with Crippen LogP contribution in [0.1, 0.15) is 6.42 Å². The molecule has 152 valence electrons. The van der Waals surface area contributed by atoms with Crippen molar-refractivity contribution in [2.45, 2.75) is 6.42 Å². The van der Waals surface area contributed by atoms with Gasteiger partial charge in [-0.05, 0) is 36.4 Å². The lowest BCUT2D eigenvalue weighted by Gasteiger charge is -2.18. The molecule has 0 spiro atoms. The van der Waals surface area contributed by atoms with Gasteiger partial charge in [-0.1, -0.05) is 46.4 Å². The van der Waals surface area contributed by atoms with Crippen LogP contribution < -0.4 is 10.2 Å². The van der Waals surface area contributed by atoms with Gasteiger partial charge in [0.15, 0.2) is 6.61 Å². The summed E-state index contributed by atoms with van der Waals surface area (Å²) < 4.78 is 5.05. The smallest absolute Gasteiger partial charge is 0.311 e. The van der Waals surface area contributed by atoms with Gasteiger partial charge < -0.3 is 15.0 Å². The van der Waals surface area contributed by atoms with Gasteiger partial charge in [0.1, 0.15) is 0 Å². The Kier molecular flexibility index (Phi) is 6.90. The molecule has 1 fully saturated rings. The number of carbonyl (C=O) groups is 3. The van der Waals surface area contributed by atoms with Crippen molar-refractivity contribution in [3.05, 3.63) is 56.5 Å². The Bertz CT molecular complexity index is 983. The van der Waals surface area contributed by atoms with Gasteiger partial charge in [0, 0.05) is 23.0 Å². The van der Waals surface area contributed by atoms with E-state index in [9.17, 15) is 14.4 Å². The number of amides is 2. The summed E-state index contributed by atoms with van der Waals surface area (Å²) in [6.45, 7) is -0.441. The number of hydrogen-bond donors (Lipinski definition) is 1. The number of nitrogens with zero attached hydrogens (tertiary/aromatic N) is 1. The van der Waals surface area contributed by atoms with Gasteiger partial charge in [0.05, 0.1) is 27.3 Å². The Morgan fingerprint density at radius 3 is 2.41 bits per heavy atom. The minimum absolute atomic E-state index is 0.0522. The molecule has 1 heterocycles. The highest BCUT2D eigenvalue weighted by Gasteiger charge is 2.37. The number of esters is 1. The third-order valence-corrected chi connectivity index (χ3v) is 5.32. The maximum absolute atomic E-state index is 12.3. The molecule has 29 heavy (non-hydrogen) atoms. The highest BCUT2D eigenvalue weighted by Crippen LogP contribution is 2.33. The SMILES string of the molecule is O=C(COC(=O)[C@H]1CC(=O)N(c2cc(Cl)ccc2Cl)C1)Nc1cc(Cl)ccc1Cl. The standard InChI is InChI=1S/C19H14Cl4N2O4/c20-11-1-3-13(22)15(6-11)24-17(26)9-29-19(28)10-5-18(27)25(8-10)16-7-12(21)2-4-14(16)23/h1-4,6-7,10H,5,8-9H2,(H,24,26)/t10-/m0/s1. The van der Waals surface area contributed by atoms with Crippen LogP contribution in [0.4, 0.5) is 11.4 Å². The van der Waals surface area contributed by atoms with E-state index in [1.165, 1.54) is 17.0 Å². The van der Waals surface area contributed by atoms with Crippen LogP contribution in [0.25, 0.3) is 0 Å². The highest BCUT2D eigenvalue weighted by atomic mass is 35.5. The van der Waals surface area contributed by atoms with Crippen LogP contribution in [0.2, 0.25) is 20.1 Å². The molecule has 1 aliphatic heterocycles. The quantitative estimate of drug-likeness (QED) is 0.628. The van der Waals surface area contributed by atoms with Crippen molar-refractivity contribution in [2.24, 2.45) is 5.92 Å². The number of carbonyl (C=O) groups excluding carboxylic acids is 3. The zero-order valence-electron chi connectivity index (χ0n) is 14.8. The number of rotatable bonds is 5. The van der Waals surface area contributed by atoms with E-state index in [-0.39, 0.29) is 18.9 Å². The Morgan fingerprint density at radius 2 is 1.69 bits per heavy atom. The van der Waals surface area contributed by atoms with Gasteiger partial charge in [0.2, 0.25) is 5.91 Å². The first kappa shape index (κ1) is 21.7. The number of ether oxygens (including phenoxy) is 1. The van der Waals surface area contributed by atoms with E-state index in [0.717, 1.165) is 0 Å². The molecule has 0 bridgehead atoms. The van der Waals surface area contributed by atoms with E-state index >= 15 is 0 Å². The Morgan fingerprint density at radius 1 is 1.03 bits per heavy atom. The van der Waals surface area contributed by atoms with E-state index in [0.29, 0.717) is 31.5 Å². The van der Waals surface area contributed by atoms with E-state index in [1.807, 2.05) is 0 Å². The molecule has 0 aromatic heterocycles. The molecule has 1 aliphatic rings. The Hall–Kier alpha value is -1.99. The second-order valence-corrected chi connectivity index (χ2v) is 7.97. The van der Waals surface area contributed by atoms with Crippen LogP contribution in [0.15, 0.2) is 36.4 Å². The van der Waals surface area contributed by atoms with Gasteiger partial charge in [-0.2, -0.15) is 0 Å². The summed E-state index contributed by atoms with van der Waals surface area (Å²) >= 11 is 23.9. The third kappa shape index (κ3) is 5.34. The Balaban J connectivity index is 1.57. The third-order valence-electron chi connectivity index (χ3n) is 4.21. The maximum atomic E-state index is 12.3. The summed E-state index contributed by atoms with van der Waals surface area (Å²) in [5.41, 5.74) is 0.728. The molecule has 1 N–H and O–H groups in total. The summed E-state index contributed by atoms with van der Waals surface area (Å²) in [7, 11) is 0. The van der Waals surface area contributed by atoms with E-state index in [1.54, 1.807) is 24.3 Å². The average molecular weight is 476 g/mol. The van der Waals surface area contributed by atoms with Crippen LogP contribution in [0.5, 0.6) is 0 Å². The zero-order chi connectivity index (χ0) is 21.1. The van der Waals surface area contributed by atoms with E-state index < -0.39 is 24.4 Å². The molecule has 10 heteroatoms. The molecule has 0 saturated carbocycles. The van der Waals surface area contributed by atoms with E-state index in [2.05, 4.69) is 5.32 Å². The fourth-order valence-corrected chi connectivity index (χ4v) is 3.55. The summed E-state index contributed by atoms with van der Waals surface area (Å²) in [5, 5.41) is 3.96. The normalized spacial score (nSPS) is 16.1. The monoisotopic (exact) mass is 474 g/mol. The lowest BCUT2D eigenvalue weighted by molar-refractivity contribution is -0.151. The van der Waals surface area contributed by atoms with Crippen molar-refractivity contribution < 1.29 is 19.1 Å². The molecule has 0 radical (unpaired) electrons. The van der Waals surface area contributed by atoms with Gasteiger partial charge in [-0.15, -0.1) is 0 Å². The van der Waals surface area contributed by atoms with Crippen LogP contribution in [0.3, 0.4) is 0 Å². The van der Waals surface area contributed by atoms with Crippen molar-refractivity contribution in [1.29, 1.82) is 0 Å². The topological polar surface area (TPSA) is 75.7 Å². The van der Waals surface area contributed by atoms with Gasteiger partial charge in [-0.25, -0.2) is 0 Å². The van der Waals surface area contributed by atoms with Gasteiger partial charge in [-0.3, -0.25) is 14.4 Å². The number of anilines is 2. The fraction of sp³-hybridized carbons (Fsp3) is 0.211. The van der Waals surface area contributed by atoms with E-state index in [4.69, 9.17) is 51.1 Å². The molecule has 2 amide bonds. The predicted molar refractivity (Wildman–Crippen MR) is 113 cm³/mol. The molecule has 6 nitrogen and oxygen atoms in total. The molecule has 1 atom stereocenters. The van der Waals surface area contributed by atoms with Crippen molar-refractivity contribution in [2.75, 3.05) is 23.4 Å². The first-order valence-corrected chi connectivity index (χ1v) is 9.92. The number of halogens is 4. The highest BCUT2D eigenvalue weighted by molar-refractivity contribution is 6.36. The second kappa shape index (κ2) is 9.22.